The number of pyridine rings is 1. The zero-order chi connectivity index (χ0) is 16.1. The highest BCUT2D eigenvalue weighted by Gasteiger charge is 2.23. The van der Waals surface area contributed by atoms with Crippen LogP contribution in [0.25, 0.3) is 11.5 Å². The largest absolute Gasteiger partial charge is 0.337 e. The Morgan fingerprint density at radius 3 is 2.65 bits per heavy atom. The van der Waals surface area contributed by atoms with Crippen molar-refractivity contribution in [2.24, 2.45) is 0 Å². The van der Waals surface area contributed by atoms with Crippen molar-refractivity contribution in [3.05, 3.63) is 30.3 Å². The average molecular weight is 337 g/mol. The fraction of sp³-hybridized carbons (Fsp3) is 0.500. The molecule has 0 atom stereocenters. The van der Waals surface area contributed by atoms with E-state index in [-0.39, 0.29) is 12.4 Å². The SMILES string of the molecule is O=S(=O)(NCc1nc(-c2ccccn2)no1)N1CCCCCC1. The summed E-state index contributed by atoms with van der Waals surface area (Å²) < 4.78 is 33.7. The van der Waals surface area contributed by atoms with Crippen LogP contribution in [0.4, 0.5) is 0 Å². The van der Waals surface area contributed by atoms with E-state index in [0.717, 1.165) is 25.7 Å². The van der Waals surface area contributed by atoms with Gasteiger partial charge < -0.3 is 4.52 Å². The molecular formula is C14H19N5O3S. The smallest absolute Gasteiger partial charge is 0.279 e. The predicted molar refractivity (Wildman–Crippen MR) is 83.3 cm³/mol. The summed E-state index contributed by atoms with van der Waals surface area (Å²) in [6.45, 7) is 1.08. The van der Waals surface area contributed by atoms with Crippen LogP contribution in [0.15, 0.2) is 28.9 Å². The summed E-state index contributed by atoms with van der Waals surface area (Å²) in [5, 5.41) is 3.82. The molecule has 0 bridgehead atoms. The number of nitrogens with zero attached hydrogens (tertiary/aromatic N) is 4. The zero-order valence-corrected chi connectivity index (χ0v) is 13.5. The van der Waals surface area contributed by atoms with E-state index in [4.69, 9.17) is 4.52 Å². The topological polar surface area (TPSA) is 101 Å². The molecule has 1 aliphatic heterocycles. The van der Waals surface area contributed by atoms with E-state index in [1.807, 2.05) is 6.07 Å². The van der Waals surface area contributed by atoms with E-state index in [1.54, 1.807) is 18.3 Å². The van der Waals surface area contributed by atoms with Crippen LogP contribution in [0.5, 0.6) is 0 Å². The number of aromatic nitrogens is 3. The molecule has 0 unspecified atom stereocenters. The maximum Gasteiger partial charge on any atom is 0.279 e. The van der Waals surface area contributed by atoms with Crippen LogP contribution in [0, 0.1) is 0 Å². The van der Waals surface area contributed by atoms with Crippen LogP contribution in [0.1, 0.15) is 31.6 Å². The molecule has 0 amide bonds. The highest BCUT2D eigenvalue weighted by atomic mass is 32.2. The summed E-state index contributed by atoms with van der Waals surface area (Å²) in [7, 11) is -3.52. The molecule has 3 heterocycles. The molecule has 9 heteroatoms. The van der Waals surface area contributed by atoms with E-state index in [2.05, 4.69) is 19.8 Å². The molecule has 3 rings (SSSR count). The van der Waals surface area contributed by atoms with Gasteiger partial charge in [0.2, 0.25) is 11.7 Å². The van der Waals surface area contributed by atoms with Gasteiger partial charge in [-0.05, 0) is 25.0 Å². The Morgan fingerprint density at radius 2 is 1.96 bits per heavy atom. The van der Waals surface area contributed by atoms with E-state index >= 15 is 0 Å². The lowest BCUT2D eigenvalue weighted by molar-refractivity contribution is 0.369. The summed E-state index contributed by atoms with van der Waals surface area (Å²) >= 11 is 0. The van der Waals surface area contributed by atoms with E-state index < -0.39 is 10.2 Å². The predicted octanol–water partition coefficient (Wildman–Crippen LogP) is 1.34. The summed E-state index contributed by atoms with van der Waals surface area (Å²) in [6.07, 6.45) is 5.57. The van der Waals surface area contributed by atoms with Gasteiger partial charge in [0.15, 0.2) is 0 Å². The van der Waals surface area contributed by atoms with Crippen LogP contribution in [-0.2, 0) is 16.8 Å². The molecular weight excluding hydrogens is 318 g/mol. The van der Waals surface area contributed by atoms with E-state index in [1.165, 1.54) is 4.31 Å². The molecule has 2 aromatic rings. The summed E-state index contributed by atoms with van der Waals surface area (Å²) in [6, 6.07) is 5.37. The summed E-state index contributed by atoms with van der Waals surface area (Å²) in [4.78, 5) is 8.28. The van der Waals surface area contributed by atoms with Crippen molar-refractivity contribution in [3.8, 4) is 11.5 Å². The number of hydrogen-bond donors (Lipinski definition) is 1. The highest BCUT2D eigenvalue weighted by Crippen LogP contribution is 2.14. The van der Waals surface area contributed by atoms with Crippen molar-refractivity contribution < 1.29 is 12.9 Å². The van der Waals surface area contributed by atoms with Crippen LogP contribution in [0.2, 0.25) is 0 Å². The monoisotopic (exact) mass is 337 g/mol. The minimum Gasteiger partial charge on any atom is -0.337 e. The second-order valence-corrected chi connectivity index (χ2v) is 7.12. The first-order chi connectivity index (χ1) is 11.1. The second kappa shape index (κ2) is 7.16. The Hall–Kier alpha value is -1.84. The fourth-order valence-corrected chi connectivity index (χ4v) is 3.68. The molecule has 0 saturated carbocycles. The molecule has 2 aromatic heterocycles. The van der Waals surface area contributed by atoms with Crippen molar-refractivity contribution in [2.75, 3.05) is 13.1 Å². The molecule has 1 N–H and O–H groups in total. The van der Waals surface area contributed by atoms with Gasteiger partial charge in [-0.25, -0.2) is 0 Å². The van der Waals surface area contributed by atoms with Gasteiger partial charge in [-0.1, -0.05) is 24.1 Å². The summed E-state index contributed by atoms with van der Waals surface area (Å²) in [5.74, 6) is 0.554. The zero-order valence-electron chi connectivity index (χ0n) is 12.7. The molecule has 1 saturated heterocycles. The maximum atomic E-state index is 12.3. The van der Waals surface area contributed by atoms with Gasteiger partial charge in [-0.2, -0.15) is 22.4 Å². The van der Waals surface area contributed by atoms with Crippen LogP contribution in [-0.4, -0.2) is 40.9 Å². The third-order valence-corrected chi connectivity index (χ3v) is 5.23. The highest BCUT2D eigenvalue weighted by molar-refractivity contribution is 7.87. The van der Waals surface area contributed by atoms with Gasteiger partial charge in [0, 0.05) is 19.3 Å². The standard InChI is InChI=1S/C14H19N5O3S/c20-23(21,19-9-5-1-2-6-10-19)16-11-13-17-14(18-22-13)12-7-3-4-8-15-12/h3-4,7-8,16H,1-2,5-6,9-11H2. The average Bonchev–Trinajstić information content (AvgIpc) is 2.86. The molecule has 0 spiro atoms. The minimum atomic E-state index is -3.52. The molecule has 8 nitrogen and oxygen atoms in total. The Morgan fingerprint density at radius 1 is 1.17 bits per heavy atom. The van der Waals surface area contributed by atoms with Crippen LogP contribution < -0.4 is 4.72 Å². The maximum absolute atomic E-state index is 12.3. The van der Waals surface area contributed by atoms with E-state index in [0.29, 0.717) is 24.6 Å². The van der Waals surface area contributed by atoms with Gasteiger partial charge >= 0.3 is 0 Å². The van der Waals surface area contributed by atoms with Crippen LogP contribution >= 0.6 is 0 Å². The lowest BCUT2D eigenvalue weighted by Crippen LogP contribution is -2.40. The molecule has 1 aliphatic rings. The Bertz CT molecular complexity index is 724. The van der Waals surface area contributed by atoms with Gasteiger partial charge in [-0.15, -0.1) is 0 Å². The van der Waals surface area contributed by atoms with Gasteiger partial charge in [0.1, 0.15) is 5.69 Å². The van der Waals surface area contributed by atoms with Gasteiger partial charge in [0.05, 0.1) is 6.54 Å². The van der Waals surface area contributed by atoms with Crippen molar-refractivity contribution in [1.82, 2.24) is 24.2 Å². The first-order valence-electron chi connectivity index (χ1n) is 7.64. The summed E-state index contributed by atoms with van der Waals surface area (Å²) in [5.41, 5.74) is 0.581. The van der Waals surface area contributed by atoms with Gasteiger partial charge in [-0.3, -0.25) is 4.98 Å². The van der Waals surface area contributed by atoms with Crippen molar-refractivity contribution in [3.63, 3.8) is 0 Å². The molecule has 1 fully saturated rings. The third-order valence-electron chi connectivity index (χ3n) is 3.67. The fourth-order valence-electron chi connectivity index (χ4n) is 2.45. The quantitative estimate of drug-likeness (QED) is 0.883. The molecule has 124 valence electrons. The second-order valence-electron chi connectivity index (χ2n) is 5.37. The third kappa shape index (κ3) is 4.12. The molecule has 0 aliphatic carbocycles. The molecule has 23 heavy (non-hydrogen) atoms. The van der Waals surface area contributed by atoms with Crippen molar-refractivity contribution in [2.45, 2.75) is 32.2 Å². The molecule has 0 aromatic carbocycles. The Kier molecular flexibility index (Phi) is 4.99. The van der Waals surface area contributed by atoms with Crippen molar-refractivity contribution >= 4 is 10.2 Å². The lowest BCUT2D eigenvalue weighted by Gasteiger charge is -2.19. The number of rotatable bonds is 5. The van der Waals surface area contributed by atoms with Gasteiger partial charge in [0.25, 0.3) is 10.2 Å². The Labute approximate surface area is 135 Å². The van der Waals surface area contributed by atoms with Crippen molar-refractivity contribution in [1.29, 1.82) is 0 Å². The molecule has 0 radical (unpaired) electrons. The number of nitrogens with one attached hydrogen (secondary N) is 1. The lowest BCUT2D eigenvalue weighted by atomic mass is 10.2. The van der Waals surface area contributed by atoms with E-state index in [9.17, 15) is 8.42 Å². The normalized spacial score (nSPS) is 17.0. The Balaban J connectivity index is 1.63. The first-order valence-corrected chi connectivity index (χ1v) is 9.08. The van der Waals surface area contributed by atoms with Crippen LogP contribution in [0.3, 0.4) is 0 Å². The first kappa shape index (κ1) is 16.0. The minimum absolute atomic E-state index is 0.0291. The number of hydrogen-bond acceptors (Lipinski definition) is 6.